The summed E-state index contributed by atoms with van der Waals surface area (Å²) >= 11 is 0. The van der Waals surface area contributed by atoms with Gasteiger partial charge in [0.05, 0.1) is 6.42 Å². The average molecular weight is 270 g/mol. The van der Waals surface area contributed by atoms with Gasteiger partial charge in [0.25, 0.3) is 0 Å². The summed E-state index contributed by atoms with van der Waals surface area (Å²) in [7, 11) is 0. The van der Waals surface area contributed by atoms with Crippen LogP contribution >= 0.6 is 0 Å². The van der Waals surface area contributed by atoms with E-state index >= 15 is 0 Å². The Balaban J connectivity index is 4.18. The van der Waals surface area contributed by atoms with E-state index in [0.717, 1.165) is 32.1 Å². The van der Waals surface area contributed by atoms with Crippen molar-refractivity contribution in [3.8, 4) is 0 Å². The van der Waals surface area contributed by atoms with Gasteiger partial charge in [0, 0.05) is 0 Å². The third-order valence-electron chi connectivity index (χ3n) is 4.15. The second kappa shape index (κ2) is 11.3. The van der Waals surface area contributed by atoms with Crippen LogP contribution in [0.4, 0.5) is 0 Å². The highest BCUT2D eigenvalue weighted by atomic mass is 16.4. The fourth-order valence-electron chi connectivity index (χ4n) is 3.30. The number of hydrogen-bond donors (Lipinski definition) is 1. The molecule has 0 amide bonds. The number of carboxylic acids is 1. The molecule has 0 saturated heterocycles. The van der Waals surface area contributed by atoms with Gasteiger partial charge in [0.2, 0.25) is 0 Å². The van der Waals surface area contributed by atoms with E-state index in [2.05, 4.69) is 20.8 Å². The fourth-order valence-corrected chi connectivity index (χ4v) is 3.30. The van der Waals surface area contributed by atoms with Crippen molar-refractivity contribution in [2.75, 3.05) is 0 Å². The standard InChI is InChI=1S/C17H34O2/c1-4-7-8-9-10-11-14-17(12-5-2,13-6-3)15-16(18)19/h4-15H2,1-3H3,(H,18,19). The van der Waals surface area contributed by atoms with Gasteiger partial charge < -0.3 is 5.11 Å². The van der Waals surface area contributed by atoms with Crippen molar-refractivity contribution in [3.05, 3.63) is 0 Å². The predicted octanol–water partition coefficient (Wildman–Crippen LogP) is 5.80. The first-order chi connectivity index (χ1) is 9.10. The summed E-state index contributed by atoms with van der Waals surface area (Å²) in [6.45, 7) is 6.58. The zero-order valence-electron chi connectivity index (χ0n) is 13.3. The summed E-state index contributed by atoms with van der Waals surface area (Å²) in [4.78, 5) is 11.1. The highest BCUT2D eigenvalue weighted by molar-refractivity contribution is 5.67. The van der Waals surface area contributed by atoms with Crippen LogP contribution in [0, 0.1) is 5.41 Å². The second-order valence-corrected chi connectivity index (χ2v) is 6.09. The van der Waals surface area contributed by atoms with Gasteiger partial charge in [-0.25, -0.2) is 0 Å². The summed E-state index contributed by atoms with van der Waals surface area (Å²) in [6, 6.07) is 0. The molecule has 0 saturated carbocycles. The van der Waals surface area contributed by atoms with Crippen molar-refractivity contribution in [1.82, 2.24) is 0 Å². The van der Waals surface area contributed by atoms with Gasteiger partial charge in [-0.05, 0) is 24.7 Å². The maximum Gasteiger partial charge on any atom is 0.303 e. The van der Waals surface area contributed by atoms with Gasteiger partial charge in [0.15, 0.2) is 0 Å². The maximum atomic E-state index is 11.1. The van der Waals surface area contributed by atoms with E-state index < -0.39 is 5.97 Å². The predicted molar refractivity (Wildman–Crippen MR) is 82.5 cm³/mol. The minimum absolute atomic E-state index is 0.0695. The molecule has 0 heterocycles. The lowest BCUT2D eigenvalue weighted by Gasteiger charge is -2.32. The maximum absolute atomic E-state index is 11.1. The number of unbranched alkanes of at least 4 members (excludes halogenated alkanes) is 5. The van der Waals surface area contributed by atoms with Crippen LogP contribution < -0.4 is 0 Å². The van der Waals surface area contributed by atoms with Crippen molar-refractivity contribution in [2.45, 2.75) is 97.8 Å². The molecule has 114 valence electrons. The molecule has 0 rings (SSSR count). The average Bonchev–Trinajstić information content (AvgIpc) is 2.33. The molecule has 2 heteroatoms. The summed E-state index contributed by atoms with van der Waals surface area (Å²) in [6.07, 6.45) is 13.6. The number of hydrogen-bond acceptors (Lipinski definition) is 1. The van der Waals surface area contributed by atoms with Gasteiger partial charge in [0.1, 0.15) is 0 Å². The molecule has 0 bridgehead atoms. The molecular formula is C17H34O2. The van der Waals surface area contributed by atoms with Crippen LogP contribution in [0.5, 0.6) is 0 Å². The lowest BCUT2D eigenvalue weighted by Crippen LogP contribution is -2.24. The Hall–Kier alpha value is -0.530. The van der Waals surface area contributed by atoms with Crippen LogP contribution in [0.25, 0.3) is 0 Å². The fraction of sp³-hybridized carbons (Fsp3) is 0.941. The van der Waals surface area contributed by atoms with Crippen molar-refractivity contribution >= 4 is 5.97 Å². The van der Waals surface area contributed by atoms with E-state index in [1.54, 1.807) is 0 Å². The van der Waals surface area contributed by atoms with Gasteiger partial charge in [-0.2, -0.15) is 0 Å². The third kappa shape index (κ3) is 9.07. The number of carboxylic acid groups (broad SMARTS) is 1. The lowest BCUT2D eigenvalue weighted by atomic mass is 9.72. The molecule has 0 aliphatic rings. The van der Waals surface area contributed by atoms with Gasteiger partial charge in [-0.3, -0.25) is 4.79 Å². The minimum Gasteiger partial charge on any atom is -0.481 e. The van der Waals surface area contributed by atoms with Crippen LogP contribution in [0.1, 0.15) is 97.8 Å². The van der Waals surface area contributed by atoms with Gasteiger partial charge in [-0.1, -0.05) is 72.1 Å². The van der Waals surface area contributed by atoms with E-state index in [1.807, 2.05) is 0 Å². The van der Waals surface area contributed by atoms with Crippen LogP contribution in [-0.4, -0.2) is 11.1 Å². The largest absolute Gasteiger partial charge is 0.481 e. The Morgan fingerprint density at radius 2 is 1.32 bits per heavy atom. The summed E-state index contributed by atoms with van der Waals surface area (Å²) < 4.78 is 0. The first-order valence-electron chi connectivity index (χ1n) is 8.32. The molecule has 0 fully saturated rings. The molecular weight excluding hydrogens is 236 g/mol. The Bertz CT molecular complexity index is 217. The molecule has 0 aliphatic carbocycles. The molecule has 0 aromatic rings. The number of rotatable bonds is 13. The summed E-state index contributed by atoms with van der Waals surface area (Å²) in [5.41, 5.74) is 0.0695. The van der Waals surface area contributed by atoms with Gasteiger partial charge >= 0.3 is 5.97 Å². The molecule has 2 nitrogen and oxygen atoms in total. The normalized spacial score (nSPS) is 11.7. The molecule has 0 unspecified atom stereocenters. The Morgan fingerprint density at radius 1 is 0.789 bits per heavy atom. The van der Waals surface area contributed by atoms with Crippen molar-refractivity contribution < 1.29 is 9.90 Å². The quantitative estimate of drug-likeness (QED) is 0.429. The Kier molecular flexibility index (Phi) is 11.0. The van der Waals surface area contributed by atoms with E-state index in [0.29, 0.717) is 6.42 Å². The van der Waals surface area contributed by atoms with Crippen LogP contribution in [-0.2, 0) is 4.79 Å². The third-order valence-corrected chi connectivity index (χ3v) is 4.15. The van der Waals surface area contributed by atoms with Crippen molar-refractivity contribution in [1.29, 1.82) is 0 Å². The van der Waals surface area contributed by atoms with Crippen molar-refractivity contribution in [2.24, 2.45) is 5.41 Å². The monoisotopic (exact) mass is 270 g/mol. The minimum atomic E-state index is -0.618. The highest BCUT2D eigenvalue weighted by Gasteiger charge is 2.30. The van der Waals surface area contributed by atoms with E-state index in [4.69, 9.17) is 0 Å². The Labute approximate surface area is 120 Å². The number of aliphatic carboxylic acids is 1. The molecule has 0 atom stereocenters. The van der Waals surface area contributed by atoms with Crippen LogP contribution in [0.2, 0.25) is 0 Å². The molecule has 0 aromatic heterocycles. The molecule has 0 spiro atoms. The molecule has 19 heavy (non-hydrogen) atoms. The smallest absolute Gasteiger partial charge is 0.303 e. The SMILES string of the molecule is CCCCCCCCC(CCC)(CCC)CC(=O)O. The first-order valence-corrected chi connectivity index (χ1v) is 8.32. The van der Waals surface area contributed by atoms with E-state index in [9.17, 15) is 9.90 Å². The first kappa shape index (κ1) is 18.5. The number of carbonyl (C=O) groups is 1. The van der Waals surface area contributed by atoms with Crippen LogP contribution in [0.15, 0.2) is 0 Å². The van der Waals surface area contributed by atoms with Crippen molar-refractivity contribution in [3.63, 3.8) is 0 Å². The molecule has 1 N–H and O–H groups in total. The van der Waals surface area contributed by atoms with E-state index in [1.165, 1.54) is 38.5 Å². The molecule has 0 aromatic carbocycles. The lowest BCUT2D eigenvalue weighted by molar-refractivity contribution is -0.140. The zero-order chi connectivity index (χ0) is 14.6. The van der Waals surface area contributed by atoms with Crippen LogP contribution in [0.3, 0.4) is 0 Å². The van der Waals surface area contributed by atoms with Gasteiger partial charge in [-0.15, -0.1) is 0 Å². The van der Waals surface area contributed by atoms with E-state index in [-0.39, 0.29) is 5.41 Å². The summed E-state index contributed by atoms with van der Waals surface area (Å²) in [5, 5.41) is 9.18. The Morgan fingerprint density at radius 3 is 1.79 bits per heavy atom. The summed E-state index contributed by atoms with van der Waals surface area (Å²) in [5.74, 6) is -0.618. The topological polar surface area (TPSA) is 37.3 Å². The zero-order valence-corrected chi connectivity index (χ0v) is 13.3. The highest BCUT2D eigenvalue weighted by Crippen LogP contribution is 2.39. The molecule has 0 radical (unpaired) electrons. The molecule has 0 aliphatic heterocycles. The second-order valence-electron chi connectivity index (χ2n) is 6.09.